The molecule has 0 saturated heterocycles. The second kappa shape index (κ2) is 5.58. The number of carbonyl (C=O) groups excluding carboxylic acids is 2. The molecule has 1 amide bonds. The summed E-state index contributed by atoms with van der Waals surface area (Å²) in [7, 11) is 0. The minimum atomic E-state index is -0.351. The number of thiophene rings is 1. The predicted octanol–water partition coefficient (Wildman–Crippen LogP) is 3.05. The van der Waals surface area contributed by atoms with Gasteiger partial charge in [0.2, 0.25) is 5.13 Å². The lowest BCUT2D eigenvalue weighted by Crippen LogP contribution is -2.11. The van der Waals surface area contributed by atoms with Gasteiger partial charge in [-0.25, -0.2) is 0 Å². The zero-order chi connectivity index (χ0) is 14.8. The average molecular weight is 318 g/mol. The van der Waals surface area contributed by atoms with E-state index in [-0.39, 0.29) is 11.7 Å². The molecule has 0 bridgehead atoms. The van der Waals surface area contributed by atoms with E-state index in [0.717, 1.165) is 10.6 Å². The number of Topliss-reactive ketones (excluding diaryl/α,β-unsaturated/α-hetero) is 1. The molecule has 0 spiro atoms. The Labute approximate surface area is 127 Å². The topological polar surface area (TPSA) is 87.7 Å². The molecule has 0 aliphatic carbocycles. The summed E-state index contributed by atoms with van der Waals surface area (Å²) in [6.45, 7) is 1.45. The molecule has 3 aromatic rings. The van der Waals surface area contributed by atoms with Crippen molar-refractivity contribution in [3.8, 4) is 10.6 Å². The smallest absolute Gasteiger partial charge is 0.273 e. The van der Waals surface area contributed by atoms with Crippen LogP contribution in [0.2, 0.25) is 0 Å². The maximum atomic E-state index is 12.0. The van der Waals surface area contributed by atoms with Crippen LogP contribution in [0, 0.1) is 0 Å². The molecule has 106 valence electrons. The first-order valence-corrected chi connectivity index (χ1v) is 7.76. The van der Waals surface area contributed by atoms with Crippen LogP contribution in [0.25, 0.3) is 10.6 Å². The van der Waals surface area contributed by atoms with Gasteiger partial charge < -0.3 is 4.98 Å². The molecular weight excluding hydrogens is 308 g/mol. The zero-order valence-corrected chi connectivity index (χ0v) is 12.5. The molecule has 3 heterocycles. The molecule has 8 heteroatoms. The van der Waals surface area contributed by atoms with Crippen LogP contribution in [0.15, 0.2) is 29.1 Å². The lowest BCUT2D eigenvalue weighted by Gasteiger charge is -1.96. The van der Waals surface area contributed by atoms with E-state index in [1.807, 2.05) is 16.8 Å². The summed E-state index contributed by atoms with van der Waals surface area (Å²) >= 11 is 2.87. The molecule has 0 aromatic carbocycles. The molecule has 6 nitrogen and oxygen atoms in total. The van der Waals surface area contributed by atoms with Gasteiger partial charge in [0.25, 0.3) is 5.91 Å². The molecular formula is C13H10N4O2S2. The number of anilines is 1. The molecule has 0 aliphatic rings. The number of carbonyl (C=O) groups is 2. The summed E-state index contributed by atoms with van der Waals surface area (Å²) in [6.07, 6.45) is 1.51. The van der Waals surface area contributed by atoms with Crippen LogP contribution in [-0.2, 0) is 0 Å². The maximum absolute atomic E-state index is 12.0. The average Bonchev–Trinajstić information content (AvgIpc) is 3.19. The van der Waals surface area contributed by atoms with E-state index in [4.69, 9.17) is 0 Å². The Morgan fingerprint density at radius 1 is 1.33 bits per heavy atom. The maximum Gasteiger partial charge on any atom is 0.273 e. The van der Waals surface area contributed by atoms with Crippen molar-refractivity contribution in [2.45, 2.75) is 6.92 Å². The molecule has 3 aromatic heterocycles. The highest BCUT2D eigenvalue weighted by Gasteiger charge is 2.14. The quantitative estimate of drug-likeness (QED) is 0.724. The number of nitrogens with zero attached hydrogens (tertiary/aromatic N) is 2. The van der Waals surface area contributed by atoms with Gasteiger partial charge in [-0.15, -0.1) is 10.2 Å². The summed E-state index contributed by atoms with van der Waals surface area (Å²) in [5.74, 6) is -0.448. The highest BCUT2D eigenvalue weighted by molar-refractivity contribution is 7.19. The summed E-state index contributed by atoms with van der Waals surface area (Å²) < 4.78 is 0. The van der Waals surface area contributed by atoms with E-state index >= 15 is 0 Å². The minimum absolute atomic E-state index is 0.0963. The van der Waals surface area contributed by atoms with Gasteiger partial charge in [0.1, 0.15) is 10.7 Å². The Hall–Kier alpha value is -2.32. The third-order valence-corrected chi connectivity index (χ3v) is 4.32. The Morgan fingerprint density at radius 3 is 2.86 bits per heavy atom. The van der Waals surface area contributed by atoms with Crippen LogP contribution in [0.3, 0.4) is 0 Å². The normalized spacial score (nSPS) is 10.5. The van der Waals surface area contributed by atoms with Gasteiger partial charge >= 0.3 is 0 Å². The number of aromatic nitrogens is 3. The summed E-state index contributed by atoms with van der Waals surface area (Å²) in [6, 6.07) is 3.46. The molecule has 2 N–H and O–H groups in total. The first-order valence-electron chi connectivity index (χ1n) is 6.00. The first kappa shape index (κ1) is 13.7. The van der Waals surface area contributed by atoms with Crippen LogP contribution >= 0.6 is 22.7 Å². The molecule has 21 heavy (non-hydrogen) atoms. The second-order valence-corrected chi connectivity index (χ2v) is 5.99. The Kier molecular flexibility index (Phi) is 3.63. The molecule has 0 saturated carbocycles. The van der Waals surface area contributed by atoms with Crippen LogP contribution < -0.4 is 5.32 Å². The van der Waals surface area contributed by atoms with E-state index < -0.39 is 0 Å². The largest absolute Gasteiger partial charge is 0.356 e. The van der Waals surface area contributed by atoms with Crippen molar-refractivity contribution in [3.63, 3.8) is 0 Å². The monoisotopic (exact) mass is 318 g/mol. The van der Waals surface area contributed by atoms with E-state index in [2.05, 4.69) is 20.5 Å². The van der Waals surface area contributed by atoms with Gasteiger partial charge in [0.15, 0.2) is 5.78 Å². The number of hydrogen-bond acceptors (Lipinski definition) is 6. The van der Waals surface area contributed by atoms with E-state index in [1.165, 1.54) is 30.5 Å². The minimum Gasteiger partial charge on any atom is -0.356 e. The van der Waals surface area contributed by atoms with Gasteiger partial charge in [0.05, 0.1) is 0 Å². The molecule has 0 atom stereocenters. The fourth-order valence-electron chi connectivity index (χ4n) is 1.67. The number of aromatic amines is 1. The zero-order valence-electron chi connectivity index (χ0n) is 10.9. The predicted molar refractivity (Wildman–Crippen MR) is 82.0 cm³/mol. The Bertz CT molecular complexity index is 789. The van der Waals surface area contributed by atoms with Crippen LogP contribution in [0.1, 0.15) is 27.8 Å². The van der Waals surface area contributed by atoms with Gasteiger partial charge in [-0.05, 0) is 24.4 Å². The highest BCUT2D eigenvalue weighted by atomic mass is 32.1. The third-order valence-electron chi connectivity index (χ3n) is 2.75. The van der Waals surface area contributed by atoms with Crippen LogP contribution in [0.4, 0.5) is 5.13 Å². The molecule has 0 radical (unpaired) electrons. The van der Waals surface area contributed by atoms with Crippen LogP contribution in [0.5, 0.6) is 0 Å². The van der Waals surface area contributed by atoms with Crippen molar-refractivity contribution in [3.05, 3.63) is 40.3 Å². The lowest BCUT2D eigenvalue weighted by atomic mass is 10.2. The third kappa shape index (κ3) is 2.91. The summed E-state index contributed by atoms with van der Waals surface area (Å²) in [5, 5.41) is 15.7. The molecule has 0 aliphatic heterocycles. The molecule has 3 rings (SSSR count). The number of H-pyrrole nitrogens is 1. The summed E-state index contributed by atoms with van der Waals surface area (Å²) in [4.78, 5) is 26.0. The second-order valence-electron chi connectivity index (χ2n) is 4.24. The lowest BCUT2D eigenvalue weighted by molar-refractivity contribution is 0.101. The van der Waals surface area contributed by atoms with Gasteiger partial charge in [-0.1, -0.05) is 11.3 Å². The Morgan fingerprint density at radius 2 is 2.19 bits per heavy atom. The van der Waals surface area contributed by atoms with Crippen molar-refractivity contribution in [1.29, 1.82) is 0 Å². The van der Waals surface area contributed by atoms with Gasteiger partial charge in [-0.3, -0.25) is 14.9 Å². The fraction of sp³-hybridized carbons (Fsp3) is 0.0769. The molecule has 0 fully saturated rings. The van der Waals surface area contributed by atoms with Gasteiger partial charge in [-0.2, -0.15) is 11.3 Å². The van der Waals surface area contributed by atoms with Crippen molar-refractivity contribution < 1.29 is 9.59 Å². The van der Waals surface area contributed by atoms with Crippen molar-refractivity contribution in [2.24, 2.45) is 0 Å². The van der Waals surface area contributed by atoms with E-state index in [1.54, 1.807) is 11.3 Å². The number of nitrogens with one attached hydrogen (secondary N) is 2. The van der Waals surface area contributed by atoms with E-state index in [9.17, 15) is 9.59 Å². The fourth-order valence-corrected chi connectivity index (χ4v) is 3.12. The Balaban J connectivity index is 1.74. The standard InChI is InChI=1S/C13H10N4O2S2/c1-7(18)9-4-10(14-5-9)11(19)15-13-17-16-12(21-13)8-2-3-20-6-8/h2-6,14H,1H3,(H,15,17,19). The first-order chi connectivity index (χ1) is 10.1. The molecule has 0 unspecified atom stereocenters. The van der Waals surface area contributed by atoms with Crippen molar-refractivity contribution >= 4 is 39.5 Å². The number of amides is 1. The van der Waals surface area contributed by atoms with Crippen molar-refractivity contribution in [2.75, 3.05) is 5.32 Å². The van der Waals surface area contributed by atoms with E-state index in [0.29, 0.717) is 16.4 Å². The number of ketones is 1. The van der Waals surface area contributed by atoms with Crippen LogP contribution in [-0.4, -0.2) is 26.9 Å². The van der Waals surface area contributed by atoms with Gasteiger partial charge in [0, 0.05) is 22.7 Å². The number of rotatable bonds is 4. The van der Waals surface area contributed by atoms with Crippen molar-refractivity contribution in [1.82, 2.24) is 15.2 Å². The summed E-state index contributed by atoms with van der Waals surface area (Å²) in [5.41, 5.74) is 1.76. The number of hydrogen-bond donors (Lipinski definition) is 2. The highest BCUT2D eigenvalue weighted by Crippen LogP contribution is 2.28. The SMILES string of the molecule is CC(=O)c1c[nH]c(C(=O)Nc2nnc(-c3ccsc3)s2)c1.